The van der Waals surface area contributed by atoms with E-state index in [1.807, 2.05) is 6.92 Å². The molecule has 1 N–H and O–H groups in total. The molecule has 0 aromatic carbocycles. The van der Waals surface area contributed by atoms with E-state index in [1.165, 1.54) is 12.8 Å². The van der Waals surface area contributed by atoms with Gasteiger partial charge in [0.15, 0.2) is 0 Å². The quantitative estimate of drug-likeness (QED) is 0.708. The van der Waals surface area contributed by atoms with Gasteiger partial charge in [0, 0.05) is 13.7 Å². The molecule has 0 saturated carbocycles. The molecule has 15 heavy (non-hydrogen) atoms. The maximum atomic E-state index is 9.74. The normalized spacial score (nSPS) is 25.4. The highest BCUT2D eigenvalue weighted by Crippen LogP contribution is 2.19. The van der Waals surface area contributed by atoms with Crippen molar-refractivity contribution in [1.82, 2.24) is 0 Å². The molecule has 0 bridgehead atoms. The van der Waals surface area contributed by atoms with E-state index in [0.717, 1.165) is 32.3 Å². The molecule has 3 heteroatoms. The summed E-state index contributed by atoms with van der Waals surface area (Å²) >= 11 is 0. The van der Waals surface area contributed by atoms with Crippen LogP contribution in [0, 0.1) is 0 Å². The number of methoxy groups -OCH3 is 1. The van der Waals surface area contributed by atoms with Gasteiger partial charge in [0.05, 0.1) is 18.3 Å². The zero-order valence-corrected chi connectivity index (χ0v) is 9.95. The minimum atomic E-state index is -0.188. The first-order chi connectivity index (χ1) is 7.22. The number of hydrogen-bond donors (Lipinski definition) is 1. The highest BCUT2D eigenvalue weighted by molar-refractivity contribution is 4.68. The van der Waals surface area contributed by atoms with Gasteiger partial charge in [-0.25, -0.2) is 0 Å². The van der Waals surface area contributed by atoms with Gasteiger partial charge in [0.1, 0.15) is 0 Å². The van der Waals surface area contributed by atoms with E-state index < -0.39 is 0 Å². The monoisotopic (exact) mass is 216 g/mol. The maximum absolute atomic E-state index is 9.74. The van der Waals surface area contributed by atoms with Gasteiger partial charge in [-0.1, -0.05) is 0 Å². The Labute approximate surface area is 92.8 Å². The topological polar surface area (TPSA) is 38.7 Å². The largest absolute Gasteiger partial charge is 0.393 e. The summed E-state index contributed by atoms with van der Waals surface area (Å²) in [4.78, 5) is 0. The third kappa shape index (κ3) is 5.50. The summed E-state index contributed by atoms with van der Waals surface area (Å²) in [5.74, 6) is 0. The second-order valence-corrected chi connectivity index (χ2v) is 4.49. The van der Waals surface area contributed by atoms with Crippen LogP contribution in [0.5, 0.6) is 0 Å². The van der Waals surface area contributed by atoms with E-state index in [-0.39, 0.29) is 12.2 Å². The molecule has 0 amide bonds. The standard InChI is InChI=1S/C12H24O3/c1-10(14-2)5-6-11(13)7-8-12-4-3-9-15-12/h10-13H,3-9H2,1-2H3. The van der Waals surface area contributed by atoms with Crippen molar-refractivity contribution in [3.63, 3.8) is 0 Å². The van der Waals surface area contributed by atoms with Crippen molar-refractivity contribution in [3.8, 4) is 0 Å². The molecule has 0 radical (unpaired) electrons. The minimum Gasteiger partial charge on any atom is -0.393 e. The Kier molecular flexibility index (Phi) is 6.22. The zero-order chi connectivity index (χ0) is 11.1. The van der Waals surface area contributed by atoms with Crippen LogP contribution in [0.3, 0.4) is 0 Å². The predicted octanol–water partition coefficient (Wildman–Crippen LogP) is 2.12. The van der Waals surface area contributed by atoms with Crippen LogP contribution >= 0.6 is 0 Å². The van der Waals surface area contributed by atoms with Gasteiger partial charge in [0.2, 0.25) is 0 Å². The summed E-state index contributed by atoms with van der Waals surface area (Å²) in [6.45, 7) is 2.94. The van der Waals surface area contributed by atoms with Crippen LogP contribution < -0.4 is 0 Å². The molecule has 1 fully saturated rings. The molecule has 3 nitrogen and oxygen atoms in total. The van der Waals surface area contributed by atoms with Crippen LogP contribution in [0.4, 0.5) is 0 Å². The van der Waals surface area contributed by atoms with Crippen molar-refractivity contribution in [2.75, 3.05) is 13.7 Å². The fourth-order valence-electron chi connectivity index (χ4n) is 1.94. The van der Waals surface area contributed by atoms with Crippen LogP contribution in [0.25, 0.3) is 0 Å². The first kappa shape index (κ1) is 12.9. The van der Waals surface area contributed by atoms with Crippen molar-refractivity contribution in [1.29, 1.82) is 0 Å². The molecule has 1 aliphatic heterocycles. The van der Waals surface area contributed by atoms with Crippen molar-refractivity contribution in [3.05, 3.63) is 0 Å². The van der Waals surface area contributed by atoms with E-state index in [0.29, 0.717) is 6.10 Å². The van der Waals surface area contributed by atoms with Crippen LogP contribution in [-0.4, -0.2) is 37.1 Å². The molecule has 0 aliphatic carbocycles. The molecular formula is C12H24O3. The second-order valence-electron chi connectivity index (χ2n) is 4.49. The summed E-state index contributed by atoms with van der Waals surface area (Å²) < 4.78 is 10.7. The molecule has 1 heterocycles. The van der Waals surface area contributed by atoms with Gasteiger partial charge in [-0.2, -0.15) is 0 Å². The van der Waals surface area contributed by atoms with E-state index in [4.69, 9.17) is 9.47 Å². The molecule has 1 aliphatic rings. The Balaban J connectivity index is 1.99. The van der Waals surface area contributed by atoms with Crippen molar-refractivity contribution in [2.45, 2.75) is 63.8 Å². The first-order valence-corrected chi connectivity index (χ1v) is 6.05. The molecule has 0 aromatic rings. The second kappa shape index (κ2) is 7.20. The minimum absolute atomic E-state index is 0.188. The SMILES string of the molecule is COC(C)CCC(O)CCC1CCCO1. The third-order valence-corrected chi connectivity index (χ3v) is 3.15. The summed E-state index contributed by atoms with van der Waals surface area (Å²) in [6.07, 6.45) is 6.45. The Hall–Kier alpha value is -0.120. The molecular weight excluding hydrogens is 192 g/mol. The lowest BCUT2D eigenvalue weighted by Gasteiger charge is -2.15. The molecule has 1 rings (SSSR count). The highest BCUT2D eigenvalue weighted by atomic mass is 16.5. The predicted molar refractivity (Wildman–Crippen MR) is 59.9 cm³/mol. The average Bonchev–Trinajstić information content (AvgIpc) is 2.75. The van der Waals surface area contributed by atoms with Crippen LogP contribution in [0.2, 0.25) is 0 Å². The summed E-state index contributed by atoms with van der Waals surface area (Å²) in [7, 11) is 1.71. The molecule has 3 atom stereocenters. The van der Waals surface area contributed by atoms with Crippen molar-refractivity contribution >= 4 is 0 Å². The number of aliphatic hydroxyl groups excluding tert-OH is 1. The Morgan fingerprint density at radius 1 is 1.40 bits per heavy atom. The lowest BCUT2D eigenvalue weighted by molar-refractivity contribution is 0.0633. The fraction of sp³-hybridized carbons (Fsp3) is 1.00. The Bertz CT molecular complexity index is 155. The number of rotatable bonds is 7. The Morgan fingerprint density at radius 2 is 2.20 bits per heavy atom. The molecule has 90 valence electrons. The van der Waals surface area contributed by atoms with Crippen molar-refractivity contribution < 1.29 is 14.6 Å². The molecule has 1 saturated heterocycles. The van der Waals surface area contributed by atoms with Crippen LogP contribution in [-0.2, 0) is 9.47 Å². The maximum Gasteiger partial charge on any atom is 0.0577 e. The van der Waals surface area contributed by atoms with Gasteiger partial charge in [-0.3, -0.25) is 0 Å². The smallest absolute Gasteiger partial charge is 0.0577 e. The van der Waals surface area contributed by atoms with Gasteiger partial charge in [-0.15, -0.1) is 0 Å². The molecule has 0 aromatic heterocycles. The lowest BCUT2D eigenvalue weighted by Crippen LogP contribution is -2.15. The number of hydrogen-bond acceptors (Lipinski definition) is 3. The van der Waals surface area contributed by atoms with E-state index in [9.17, 15) is 5.11 Å². The van der Waals surface area contributed by atoms with Gasteiger partial charge in [0.25, 0.3) is 0 Å². The number of ether oxygens (including phenoxy) is 2. The van der Waals surface area contributed by atoms with Crippen molar-refractivity contribution in [2.24, 2.45) is 0 Å². The summed E-state index contributed by atoms with van der Waals surface area (Å²) in [6, 6.07) is 0. The molecule has 0 spiro atoms. The average molecular weight is 216 g/mol. The molecule has 3 unspecified atom stereocenters. The Morgan fingerprint density at radius 3 is 2.80 bits per heavy atom. The van der Waals surface area contributed by atoms with Crippen LogP contribution in [0.1, 0.15) is 45.4 Å². The van der Waals surface area contributed by atoms with E-state index in [1.54, 1.807) is 7.11 Å². The third-order valence-electron chi connectivity index (χ3n) is 3.15. The summed E-state index contributed by atoms with van der Waals surface area (Å²) in [5.41, 5.74) is 0. The first-order valence-electron chi connectivity index (χ1n) is 6.05. The van der Waals surface area contributed by atoms with E-state index in [2.05, 4.69) is 0 Å². The zero-order valence-electron chi connectivity index (χ0n) is 9.95. The van der Waals surface area contributed by atoms with E-state index >= 15 is 0 Å². The van der Waals surface area contributed by atoms with Gasteiger partial charge in [-0.05, 0) is 45.4 Å². The van der Waals surface area contributed by atoms with Crippen LogP contribution in [0.15, 0.2) is 0 Å². The fourth-order valence-corrected chi connectivity index (χ4v) is 1.94. The number of aliphatic hydroxyl groups is 1. The van der Waals surface area contributed by atoms with Gasteiger partial charge >= 0.3 is 0 Å². The van der Waals surface area contributed by atoms with Gasteiger partial charge < -0.3 is 14.6 Å². The summed E-state index contributed by atoms with van der Waals surface area (Å²) in [5, 5.41) is 9.74. The lowest BCUT2D eigenvalue weighted by atomic mass is 10.0. The highest BCUT2D eigenvalue weighted by Gasteiger charge is 2.17.